The molecule has 0 saturated heterocycles. The zero-order valence-corrected chi connectivity index (χ0v) is 32.0. The second kappa shape index (κ2) is 14.4. The van der Waals surface area contributed by atoms with E-state index in [1.807, 2.05) is 30.3 Å². The van der Waals surface area contributed by atoms with Gasteiger partial charge < -0.3 is 14.9 Å². The second-order valence-electron chi connectivity index (χ2n) is 14.6. The first-order valence-electron chi connectivity index (χ1n) is 19.6. The molecule has 276 valence electrons. The van der Waals surface area contributed by atoms with Crippen LogP contribution in [0.2, 0.25) is 0 Å². The molecule has 0 bridgehead atoms. The van der Waals surface area contributed by atoms with Crippen LogP contribution < -0.4 is 5.73 Å². The van der Waals surface area contributed by atoms with E-state index < -0.39 is 0 Å². The zero-order chi connectivity index (χ0) is 39.2. The topological polar surface area (TPSA) is 48.2 Å². The maximum absolute atomic E-state index is 6.91. The van der Waals surface area contributed by atoms with Crippen LogP contribution in [-0.2, 0) is 6.42 Å². The summed E-state index contributed by atoms with van der Waals surface area (Å²) in [6.07, 6.45) is 8.27. The summed E-state index contributed by atoms with van der Waals surface area (Å²) in [4.78, 5) is 5.02. The Morgan fingerprint density at radius 1 is 0.552 bits per heavy atom. The van der Waals surface area contributed by atoms with E-state index in [9.17, 15) is 0 Å². The molecule has 58 heavy (non-hydrogen) atoms. The molecular formula is C54H40N4. The molecule has 4 heteroatoms. The molecule has 0 spiro atoms. The predicted octanol–water partition coefficient (Wildman–Crippen LogP) is 13.3. The van der Waals surface area contributed by atoms with Crippen molar-refractivity contribution in [1.29, 1.82) is 0 Å². The van der Waals surface area contributed by atoms with E-state index in [0.717, 1.165) is 39.2 Å². The maximum Gasteiger partial charge on any atom is 0.131 e. The number of rotatable bonds is 9. The minimum absolute atomic E-state index is 0.422. The fourth-order valence-corrected chi connectivity index (χ4v) is 8.69. The Kier molecular flexibility index (Phi) is 8.65. The first-order chi connectivity index (χ1) is 28.6. The van der Waals surface area contributed by atoms with Gasteiger partial charge in [0.15, 0.2) is 0 Å². The van der Waals surface area contributed by atoms with Crippen LogP contribution in [0, 0.1) is 0 Å². The molecule has 0 unspecified atom stereocenters. The van der Waals surface area contributed by atoms with Crippen molar-refractivity contribution in [3.05, 3.63) is 230 Å². The highest BCUT2D eigenvalue weighted by molar-refractivity contribution is 6.29. The highest BCUT2D eigenvalue weighted by Crippen LogP contribution is 2.43. The summed E-state index contributed by atoms with van der Waals surface area (Å²) in [5.41, 5.74) is 17.4. The molecule has 0 aliphatic heterocycles. The molecule has 2 N–H and O–H groups in total. The van der Waals surface area contributed by atoms with E-state index in [1.165, 1.54) is 59.7 Å². The van der Waals surface area contributed by atoms with E-state index in [0.29, 0.717) is 12.3 Å². The number of fused-ring (bicyclic) bond motifs is 11. The molecule has 0 amide bonds. The van der Waals surface area contributed by atoms with Crippen LogP contribution in [0.1, 0.15) is 11.1 Å². The summed E-state index contributed by atoms with van der Waals surface area (Å²) >= 11 is 0. The van der Waals surface area contributed by atoms with Crippen molar-refractivity contribution >= 4 is 71.0 Å². The summed E-state index contributed by atoms with van der Waals surface area (Å²) in [5, 5.41) is 9.69. The monoisotopic (exact) mass is 744 g/mol. The fraction of sp³-hybridized carbons (Fsp3) is 0.0185. The third kappa shape index (κ3) is 5.74. The van der Waals surface area contributed by atoms with Gasteiger partial charge in [-0.3, -0.25) is 0 Å². The van der Waals surface area contributed by atoms with Crippen LogP contribution in [0.15, 0.2) is 224 Å². The van der Waals surface area contributed by atoms with Gasteiger partial charge in [0.05, 0.1) is 27.8 Å². The van der Waals surface area contributed by atoms with Gasteiger partial charge in [0.1, 0.15) is 5.84 Å². The van der Waals surface area contributed by atoms with Crippen molar-refractivity contribution in [2.45, 2.75) is 6.42 Å². The number of hydrogen-bond donors (Lipinski definition) is 1. The van der Waals surface area contributed by atoms with Gasteiger partial charge in [0.25, 0.3) is 0 Å². The van der Waals surface area contributed by atoms with Crippen LogP contribution >= 0.6 is 0 Å². The minimum Gasteiger partial charge on any atom is -0.383 e. The van der Waals surface area contributed by atoms with Crippen LogP contribution in [0.4, 0.5) is 0 Å². The van der Waals surface area contributed by atoms with E-state index in [1.54, 1.807) is 12.2 Å². The van der Waals surface area contributed by atoms with E-state index >= 15 is 0 Å². The molecule has 2 heterocycles. The molecule has 10 rings (SSSR count). The van der Waals surface area contributed by atoms with Crippen molar-refractivity contribution in [2.24, 2.45) is 10.7 Å². The average Bonchev–Trinajstić information content (AvgIpc) is 3.81. The molecule has 0 fully saturated rings. The average molecular weight is 745 g/mol. The van der Waals surface area contributed by atoms with Crippen LogP contribution in [0.5, 0.6) is 0 Å². The van der Waals surface area contributed by atoms with Crippen molar-refractivity contribution < 1.29 is 0 Å². The first-order valence-corrected chi connectivity index (χ1v) is 19.6. The third-order valence-corrected chi connectivity index (χ3v) is 11.3. The normalized spacial score (nSPS) is 12.7. The Balaban J connectivity index is 1.21. The Morgan fingerprint density at radius 3 is 1.81 bits per heavy atom. The smallest absolute Gasteiger partial charge is 0.131 e. The summed E-state index contributed by atoms with van der Waals surface area (Å²) in [5.74, 6) is 0.422. The van der Waals surface area contributed by atoms with Gasteiger partial charge in [-0.2, -0.15) is 0 Å². The number of aromatic nitrogens is 2. The molecule has 8 aromatic carbocycles. The number of amidine groups is 1. The van der Waals surface area contributed by atoms with Crippen molar-refractivity contribution in [3.8, 4) is 11.4 Å². The summed E-state index contributed by atoms with van der Waals surface area (Å²) < 4.78 is 4.82. The van der Waals surface area contributed by atoms with Gasteiger partial charge in [-0.05, 0) is 64.7 Å². The Hall–Kier alpha value is -7.69. The number of hydrogen-bond acceptors (Lipinski definition) is 1. The number of allylic oxidation sites excluding steroid dienone is 4. The predicted molar refractivity (Wildman–Crippen MR) is 248 cm³/mol. The van der Waals surface area contributed by atoms with E-state index in [4.69, 9.17) is 10.7 Å². The Labute approximate surface area is 337 Å². The quantitative estimate of drug-likeness (QED) is 0.0680. The maximum atomic E-state index is 6.91. The fourth-order valence-electron chi connectivity index (χ4n) is 8.69. The molecule has 0 aliphatic carbocycles. The number of nitrogens with zero attached hydrogens (tertiary/aromatic N) is 3. The molecule has 2 aromatic heterocycles. The lowest BCUT2D eigenvalue weighted by Crippen LogP contribution is -2.14. The van der Waals surface area contributed by atoms with Gasteiger partial charge in [-0.15, -0.1) is 0 Å². The molecule has 0 saturated carbocycles. The van der Waals surface area contributed by atoms with Gasteiger partial charge in [0.2, 0.25) is 0 Å². The summed E-state index contributed by atoms with van der Waals surface area (Å²) in [6, 6.07) is 60.6. The number of benzene rings is 8. The lowest BCUT2D eigenvalue weighted by molar-refractivity contribution is 1.18. The molecule has 4 nitrogen and oxygen atoms in total. The standard InChI is InChI=1S/C54H40N4/c1-3-16-37(4-2)48(34-27-36-17-7-5-8-18-36)56-54(55)39-19-15-22-41(35-39)58-50-26-14-11-23-42(50)45-33-32-44-47(52(45)58)31-29-38-28-30-46-43-24-12-13-25-49(43)57(53(46)51(38)44)40-20-9-6-10-21-40/h3-26,28-35H,1-2,27H2,(H2,55,56)/b37-16+,48-34-. The number of aliphatic imine (C=N–C) groups is 1. The van der Waals surface area contributed by atoms with Gasteiger partial charge in [-0.1, -0.05) is 171 Å². The number of para-hydroxylation sites is 3. The van der Waals surface area contributed by atoms with Crippen molar-refractivity contribution in [1.82, 2.24) is 9.13 Å². The van der Waals surface area contributed by atoms with Crippen LogP contribution in [0.3, 0.4) is 0 Å². The van der Waals surface area contributed by atoms with Crippen LogP contribution in [-0.4, -0.2) is 15.0 Å². The second-order valence-corrected chi connectivity index (χ2v) is 14.6. The van der Waals surface area contributed by atoms with Gasteiger partial charge >= 0.3 is 0 Å². The Bertz CT molecular complexity index is 3340. The molecular weight excluding hydrogens is 705 g/mol. The van der Waals surface area contributed by atoms with Crippen LogP contribution in [0.25, 0.3) is 76.5 Å². The third-order valence-electron chi connectivity index (χ3n) is 11.3. The number of nitrogens with two attached hydrogens (primary N) is 1. The lowest BCUT2D eigenvalue weighted by atomic mass is 9.97. The molecule has 0 radical (unpaired) electrons. The zero-order valence-electron chi connectivity index (χ0n) is 32.0. The summed E-state index contributed by atoms with van der Waals surface area (Å²) in [7, 11) is 0. The highest BCUT2D eigenvalue weighted by atomic mass is 15.0. The minimum atomic E-state index is 0.422. The molecule has 0 aliphatic rings. The molecule has 10 aromatic rings. The van der Waals surface area contributed by atoms with Gasteiger partial charge in [0, 0.05) is 49.3 Å². The first kappa shape index (κ1) is 34.8. The lowest BCUT2D eigenvalue weighted by Gasteiger charge is -2.14. The molecule has 0 atom stereocenters. The Morgan fingerprint density at radius 2 is 1.12 bits per heavy atom. The summed E-state index contributed by atoms with van der Waals surface area (Å²) in [6.45, 7) is 7.98. The van der Waals surface area contributed by atoms with E-state index in [2.05, 4.69) is 174 Å². The SMILES string of the molecule is C=C/C=C(C=C)/C(=C/Cc1ccccc1)N=C(N)c1cccc(-n2c3ccccc3c3ccc4c(ccc5ccc6c7ccccc7n(-c7ccccc7)c6c54)c32)c1. The van der Waals surface area contributed by atoms with Crippen molar-refractivity contribution in [2.75, 3.05) is 0 Å². The van der Waals surface area contributed by atoms with E-state index in [-0.39, 0.29) is 0 Å². The van der Waals surface area contributed by atoms with Crippen molar-refractivity contribution in [3.63, 3.8) is 0 Å². The largest absolute Gasteiger partial charge is 0.383 e. The van der Waals surface area contributed by atoms with Gasteiger partial charge in [-0.25, -0.2) is 4.99 Å². The highest BCUT2D eigenvalue weighted by Gasteiger charge is 2.20.